The van der Waals surface area contributed by atoms with Crippen LogP contribution in [0.5, 0.6) is 28.7 Å². The smallest absolute Gasteiger partial charge is 0.254 e. The van der Waals surface area contributed by atoms with Gasteiger partial charge >= 0.3 is 0 Å². The van der Waals surface area contributed by atoms with E-state index in [1.165, 1.54) is 7.11 Å². The second-order valence-electron chi connectivity index (χ2n) is 10.2. The molecule has 1 fully saturated rings. The summed E-state index contributed by atoms with van der Waals surface area (Å²) in [6.45, 7) is 2.33. The van der Waals surface area contributed by atoms with Gasteiger partial charge in [-0.05, 0) is 47.5 Å². The predicted octanol–water partition coefficient (Wildman–Crippen LogP) is 3.99. The van der Waals surface area contributed by atoms with E-state index in [1.807, 2.05) is 41.3 Å². The first kappa shape index (κ1) is 28.9. The zero-order valence-electron chi connectivity index (χ0n) is 24.9. The summed E-state index contributed by atoms with van der Waals surface area (Å²) in [6.07, 6.45) is 0. The summed E-state index contributed by atoms with van der Waals surface area (Å²) < 4.78 is 27.7. The topological polar surface area (TPSA) is 90.0 Å². The van der Waals surface area contributed by atoms with E-state index in [0.717, 1.165) is 17.0 Å². The van der Waals surface area contributed by atoms with Crippen LogP contribution in [-0.4, -0.2) is 90.4 Å². The van der Waals surface area contributed by atoms with Gasteiger partial charge in [-0.3, -0.25) is 9.59 Å². The fourth-order valence-electron chi connectivity index (χ4n) is 6.02. The number of nitrogens with zero attached hydrogens (tertiary/aromatic N) is 3. The number of para-hydroxylation sites is 2. The average Bonchev–Trinajstić information content (AvgIpc) is 3.05. The molecule has 0 aromatic heterocycles. The molecule has 3 aromatic carbocycles. The number of methoxy groups -OCH3 is 5. The lowest BCUT2D eigenvalue weighted by Crippen LogP contribution is -2.53. The van der Waals surface area contributed by atoms with Crippen molar-refractivity contribution < 1.29 is 33.3 Å². The number of hydrogen-bond acceptors (Lipinski definition) is 8. The number of amides is 2. The fourth-order valence-corrected chi connectivity index (χ4v) is 6.02. The summed E-state index contributed by atoms with van der Waals surface area (Å²) in [5.41, 5.74) is 2.78. The van der Waals surface area contributed by atoms with Crippen molar-refractivity contribution in [2.45, 2.75) is 12.0 Å². The highest BCUT2D eigenvalue weighted by atomic mass is 16.5. The minimum atomic E-state index is -0.696. The molecule has 3 aromatic rings. The predicted molar refractivity (Wildman–Crippen MR) is 158 cm³/mol. The number of carbonyl (C=O) groups excluding carboxylic acids is 2. The van der Waals surface area contributed by atoms with Crippen LogP contribution in [0.1, 0.15) is 33.4 Å². The molecular weight excluding hydrogens is 538 g/mol. The summed E-state index contributed by atoms with van der Waals surface area (Å²) in [4.78, 5) is 34.1. The van der Waals surface area contributed by atoms with E-state index < -0.39 is 12.0 Å². The third kappa shape index (κ3) is 5.01. The maximum Gasteiger partial charge on any atom is 0.254 e. The number of hydrogen-bond donors (Lipinski definition) is 0. The van der Waals surface area contributed by atoms with Crippen LogP contribution in [0.3, 0.4) is 0 Å². The van der Waals surface area contributed by atoms with Crippen LogP contribution in [0.15, 0.2) is 54.6 Å². The molecule has 0 unspecified atom stereocenters. The summed E-state index contributed by atoms with van der Waals surface area (Å²) in [6, 6.07) is 16.2. The number of fused-ring (bicyclic) bond motifs is 1. The molecular formula is C32H37N3O7. The minimum absolute atomic E-state index is 0.0673. The van der Waals surface area contributed by atoms with Crippen molar-refractivity contribution in [2.24, 2.45) is 0 Å². The third-order valence-corrected chi connectivity index (χ3v) is 8.21. The van der Waals surface area contributed by atoms with Crippen molar-refractivity contribution in [2.75, 3.05) is 73.7 Å². The molecule has 0 N–H and O–H groups in total. The monoisotopic (exact) mass is 575 g/mol. The van der Waals surface area contributed by atoms with Gasteiger partial charge < -0.3 is 38.4 Å². The first-order chi connectivity index (χ1) is 20.4. The molecule has 5 rings (SSSR count). The molecule has 2 aliphatic heterocycles. The van der Waals surface area contributed by atoms with E-state index in [9.17, 15) is 9.59 Å². The normalized spacial score (nSPS) is 18.3. The molecule has 2 atom stereocenters. The van der Waals surface area contributed by atoms with Crippen molar-refractivity contribution in [3.63, 3.8) is 0 Å². The summed E-state index contributed by atoms with van der Waals surface area (Å²) in [5.74, 6) is 1.79. The molecule has 2 heterocycles. The Kier molecular flexibility index (Phi) is 8.33. The zero-order chi connectivity index (χ0) is 30.0. The number of likely N-dealkylation sites (N-methyl/N-ethyl adjacent to an activating group) is 1. The van der Waals surface area contributed by atoms with Crippen LogP contribution in [0.25, 0.3) is 0 Å². The number of rotatable bonds is 8. The van der Waals surface area contributed by atoms with E-state index in [4.69, 9.17) is 23.7 Å². The van der Waals surface area contributed by atoms with Gasteiger partial charge in [0.2, 0.25) is 5.91 Å². The minimum Gasteiger partial charge on any atom is -0.495 e. The highest BCUT2D eigenvalue weighted by Gasteiger charge is 2.45. The van der Waals surface area contributed by atoms with Gasteiger partial charge in [0.05, 0.1) is 53.2 Å². The number of carbonyl (C=O) groups is 2. The van der Waals surface area contributed by atoms with Gasteiger partial charge in [-0.15, -0.1) is 0 Å². The Balaban J connectivity index is 1.55. The molecule has 0 bridgehead atoms. The maximum atomic E-state index is 14.6. The van der Waals surface area contributed by atoms with Crippen molar-refractivity contribution in [3.05, 3.63) is 71.3 Å². The van der Waals surface area contributed by atoms with E-state index in [-0.39, 0.29) is 11.8 Å². The van der Waals surface area contributed by atoms with E-state index in [2.05, 4.69) is 4.90 Å². The SMILES string of the molecule is COc1ccc([C@H]2[C@H](C(=O)N3CCN(c4ccccc4OC)CC3)c3cc(OC)c(OC)cc3C(=O)N2C)cc1OC. The summed E-state index contributed by atoms with van der Waals surface area (Å²) >= 11 is 0. The molecule has 2 amide bonds. The lowest BCUT2D eigenvalue weighted by molar-refractivity contribution is -0.134. The van der Waals surface area contributed by atoms with E-state index in [0.29, 0.717) is 60.3 Å². The van der Waals surface area contributed by atoms with Gasteiger partial charge in [0.1, 0.15) is 5.75 Å². The Morgan fingerprint density at radius 3 is 1.95 bits per heavy atom. The van der Waals surface area contributed by atoms with Crippen molar-refractivity contribution in [1.29, 1.82) is 0 Å². The van der Waals surface area contributed by atoms with Crippen molar-refractivity contribution in [1.82, 2.24) is 9.80 Å². The van der Waals surface area contributed by atoms with Crippen LogP contribution in [0.4, 0.5) is 5.69 Å². The Hall–Kier alpha value is -4.60. The molecule has 0 radical (unpaired) electrons. The molecule has 0 spiro atoms. The van der Waals surface area contributed by atoms with Gasteiger partial charge in [-0.1, -0.05) is 18.2 Å². The quantitative estimate of drug-likeness (QED) is 0.399. The Labute approximate surface area is 246 Å². The van der Waals surface area contributed by atoms with Gasteiger partial charge in [0.15, 0.2) is 23.0 Å². The second kappa shape index (κ2) is 12.1. The molecule has 2 aliphatic rings. The standard InChI is InChI=1S/C32H37N3O7/c1-33-30(20-11-12-25(39-3)26(17-20)40-4)29(21-18-27(41-5)28(42-6)19-22(21)31(33)36)32(37)35-15-13-34(14-16-35)23-9-7-8-10-24(23)38-2/h7-12,17-19,29-30H,13-16H2,1-6H3/t29-,30+/m1/s1. The van der Waals surface area contributed by atoms with Gasteiger partial charge in [-0.2, -0.15) is 0 Å². The lowest BCUT2D eigenvalue weighted by Gasteiger charge is -2.44. The first-order valence-electron chi connectivity index (χ1n) is 13.8. The zero-order valence-corrected chi connectivity index (χ0v) is 24.9. The number of ether oxygens (including phenoxy) is 5. The highest BCUT2D eigenvalue weighted by Crippen LogP contribution is 2.47. The molecule has 10 nitrogen and oxygen atoms in total. The fraction of sp³-hybridized carbons (Fsp3) is 0.375. The van der Waals surface area contributed by atoms with Crippen LogP contribution >= 0.6 is 0 Å². The Morgan fingerprint density at radius 1 is 0.714 bits per heavy atom. The number of piperazine rings is 1. The highest BCUT2D eigenvalue weighted by molar-refractivity contribution is 6.02. The van der Waals surface area contributed by atoms with E-state index >= 15 is 0 Å². The van der Waals surface area contributed by atoms with Gasteiger partial charge in [-0.25, -0.2) is 0 Å². The van der Waals surface area contributed by atoms with Crippen molar-refractivity contribution in [3.8, 4) is 28.7 Å². The van der Waals surface area contributed by atoms with Crippen LogP contribution in [-0.2, 0) is 4.79 Å². The molecule has 1 saturated heterocycles. The average molecular weight is 576 g/mol. The first-order valence-corrected chi connectivity index (χ1v) is 13.8. The molecule has 0 saturated carbocycles. The summed E-state index contributed by atoms with van der Waals surface area (Å²) in [7, 11) is 9.59. The third-order valence-electron chi connectivity index (χ3n) is 8.21. The largest absolute Gasteiger partial charge is 0.495 e. The maximum absolute atomic E-state index is 14.6. The van der Waals surface area contributed by atoms with Gasteiger partial charge in [0, 0.05) is 38.8 Å². The van der Waals surface area contributed by atoms with Crippen LogP contribution in [0, 0.1) is 0 Å². The molecule has 0 aliphatic carbocycles. The van der Waals surface area contributed by atoms with Gasteiger partial charge in [0.25, 0.3) is 5.91 Å². The molecule has 222 valence electrons. The number of benzene rings is 3. The van der Waals surface area contributed by atoms with Crippen LogP contribution < -0.4 is 28.6 Å². The molecule has 42 heavy (non-hydrogen) atoms. The lowest BCUT2D eigenvalue weighted by atomic mass is 9.78. The number of anilines is 1. The Bertz CT molecular complexity index is 1470. The second-order valence-corrected chi connectivity index (χ2v) is 10.2. The van der Waals surface area contributed by atoms with E-state index in [1.54, 1.807) is 58.6 Å². The molecule has 10 heteroatoms. The summed E-state index contributed by atoms with van der Waals surface area (Å²) in [5, 5.41) is 0. The van der Waals surface area contributed by atoms with Crippen LogP contribution in [0.2, 0.25) is 0 Å². The van der Waals surface area contributed by atoms with Crippen molar-refractivity contribution >= 4 is 17.5 Å². The Morgan fingerprint density at radius 2 is 1.31 bits per heavy atom.